The third-order valence-corrected chi connectivity index (χ3v) is 6.85. The molecule has 2 aromatic carbocycles. The Morgan fingerprint density at radius 1 is 0.722 bits per heavy atom. The number of aliphatic hydroxyl groups excluding tert-OH is 4. The summed E-state index contributed by atoms with van der Waals surface area (Å²) in [5, 5.41) is 39.9. The molecular weight excluding hydrogens is 468 g/mol. The molecule has 2 aromatic rings. The molecule has 1 fully saturated rings. The van der Waals surface area contributed by atoms with E-state index in [0.29, 0.717) is 34.8 Å². The molecule has 3 rings (SSSR count). The van der Waals surface area contributed by atoms with Gasteiger partial charge in [-0.05, 0) is 60.1 Å². The van der Waals surface area contributed by atoms with Crippen molar-refractivity contribution in [1.29, 1.82) is 0 Å². The first kappa shape index (κ1) is 28.0. The average molecular weight is 507 g/mol. The predicted molar refractivity (Wildman–Crippen MR) is 133 cm³/mol. The van der Waals surface area contributed by atoms with E-state index in [-0.39, 0.29) is 0 Å². The summed E-state index contributed by atoms with van der Waals surface area (Å²) in [6.45, 7) is 3.86. The molecular formula is C27H38O9. The van der Waals surface area contributed by atoms with Crippen molar-refractivity contribution in [3.8, 4) is 23.0 Å². The van der Waals surface area contributed by atoms with Gasteiger partial charge in [-0.15, -0.1) is 0 Å². The molecule has 4 N–H and O–H groups in total. The molecule has 0 saturated carbocycles. The highest BCUT2D eigenvalue weighted by Gasteiger charge is 2.45. The van der Waals surface area contributed by atoms with Crippen molar-refractivity contribution >= 4 is 0 Å². The van der Waals surface area contributed by atoms with Crippen molar-refractivity contribution in [2.45, 2.75) is 57.4 Å². The second-order valence-electron chi connectivity index (χ2n) is 9.35. The van der Waals surface area contributed by atoms with Crippen molar-refractivity contribution in [3.63, 3.8) is 0 Å². The number of benzene rings is 2. The highest BCUT2D eigenvalue weighted by Crippen LogP contribution is 2.34. The van der Waals surface area contributed by atoms with Gasteiger partial charge in [0, 0.05) is 0 Å². The van der Waals surface area contributed by atoms with Gasteiger partial charge in [-0.2, -0.15) is 0 Å². The summed E-state index contributed by atoms with van der Waals surface area (Å²) in [5.41, 5.74) is 2.16. The highest BCUT2D eigenvalue weighted by atomic mass is 16.7. The number of ether oxygens (including phenoxy) is 5. The van der Waals surface area contributed by atoms with Crippen LogP contribution in [0.15, 0.2) is 36.4 Å². The van der Waals surface area contributed by atoms with E-state index in [4.69, 9.17) is 23.7 Å². The number of rotatable bonds is 11. The van der Waals surface area contributed by atoms with Crippen LogP contribution in [0.25, 0.3) is 0 Å². The minimum absolute atomic E-state index is 0.326. The zero-order valence-corrected chi connectivity index (χ0v) is 21.5. The lowest BCUT2D eigenvalue weighted by Gasteiger charge is -2.39. The number of methoxy groups -OCH3 is 3. The van der Waals surface area contributed by atoms with Gasteiger partial charge in [0.25, 0.3) is 0 Å². The molecule has 0 radical (unpaired) electrons. The zero-order chi connectivity index (χ0) is 26.4. The maximum atomic E-state index is 10.3. The van der Waals surface area contributed by atoms with E-state index < -0.39 is 37.3 Å². The second-order valence-corrected chi connectivity index (χ2v) is 9.35. The third-order valence-electron chi connectivity index (χ3n) is 6.85. The lowest BCUT2D eigenvalue weighted by Crippen LogP contribution is -2.60. The molecule has 9 nitrogen and oxygen atoms in total. The molecule has 200 valence electrons. The molecule has 1 aliphatic rings. The number of hydrogen-bond donors (Lipinski definition) is 4. The Labute approximate surface area is 212 Å². The van der Waals surface area contributed by atoms with Gasteiger partial charge < -0.3 is 44.1 Å². The average Bonchev–Trinajstić information content (AvgIpc) is 2.88. The lowest BCUT2D eigenvalue weighted by atomic mass is 9.85. The molecule has 9 heteroatoms. The van der Waals surface area contributed by atoms with Crippen molar-refractivity contribution in [2.75, 3.05) is 27.9 Å². The van der Waals surface area contributed by atoms with Crippen LogP contribution in [0, 0.1) is 11.8 Å². The summed E-state index contributed by atoms with van der Waals surface area (Å²) in [4.78, 5) is 0. The van der Waals surface area contributed by atoms with E-state index in [1.165, 1.54) is 7.11 Å². The molecule has 1 heterocycles. The molecule has 1 saturated heterocycles. The van der Waals surface area contributed by atoms with Crippen LogP contribution in [0.1, 0.15) is 25.0 Å². The van der Waals surface area contributed by atoms with Crippen LogP contribution in [0.4, 0.5) is 0 Å². The Bertz CT molecular complexity index is 980. The standard InChI is InChI=1S/C27H38O9/c1-15(10-17-6-8-19(32-3)21(12-17)34-5)16(2)11-18-7-9-20(33-4)22(13-18)35-27-26(31)25(30)24(29)23(14-28)36-27/h6-9,12-13,15-16,23-31H,10-11,14H2,1-5H3/t15-,16+,23?,24?,25?,26?,27?/m0/s1. The Balaban J connectivity index is 1.70. The molecule has 0 aromatic heterocycles. The SMILES string of the molecule is COc1ccc(C[C@H](C)[C@H](C)Cc2ccc(OC)c(OC3OC(CO)C(O)C(O)C3O)c2)cc1OC. The minimum atomic E-state index is -1.52. The normalized spacial score (nSPS) is 25.6. The monoisotopic (exact) mass is 506 g/mol. The zero-order valence-electron chi connectivity index (χ0n) is 21.5. The van der Waals surface area contributed by atoms with Gasteiger partial charge in [0.15, 0.2) is 23.0 Å². The predicted octanol–water partition coefficient (Wildman–Crippen LogP) is 1.95. The molecule has 0 bridgehead atoms. The molecule has 36 heavy (non-hydrogen) atoms. The molecule has 5 unspecified atom stereocenters. The Hall–Kier alpha value is -2.56. The maximum Gasteiger partial charge on any atom is 0.229 e. The first-order valence-corrected chi connectivity index (χ1v) is 12.1. The number of aliphatic hydroxyl groups is 4. The lowest BCUT2D eigenvalue weighted by molar-refractivity contribution is -0.277. The fourth-order valence-electron chi connectivity index (χ4n) is 4.38. The quantitative estimate of drug-likeness (QED) is 0.362. The van der Waals surface area contributed by atoms with E-state index in [1.54, 1.807) is 20.3 Å². The molecule has 0 aliphatic carbocycles. The number of hydrogen-bond acceptors (Lipinski definition) is 9. The molecule has 0 spiro atoms. The van der Waals surface area contributed by atoms with E-state index in [9.17, 15) is 20.4 Å². The summed E-state index contributed by atoms with van der Waals surface area (Å²) in [6.07, 6.45) is -5.18. The summed E-state index contributed by atoms with van der Waals surface area (Å²) in [5.74, 6) is 2.86. The van der Waals surface area contributed by atoms with Crippen LogP contribution in [0.5, 0.6) is 23.0 Å². The van der Waals surface area contributed by atoms with Gasteiger partial charge >= 0.3 is 0 Å². The molecule has 0 amide bonds. The minimum Gasteiger partial charge on any atom is -0.493 e. The Kier molecular flexibility index (Phi) is 9.81. The Morgan fingerprint density at radius 3 is 1.72 bits per heavy atom. The largest absolute Gasteiger partial charge is 0.493 e. The van der Waals surface area contributed by atoms with Crippen LogP contribution in [0.3, 0.4) is 0 Å². The van der Waals surface area contributed by atoms with Gasteiger partial charge in [-0.25, -0.2) is 0 Å². The van der Waals surface area contributed by atoms with Gasteiger partial charge in [0.05, 0.1) is 27.9 Å². The van der Waals surface area contributed by atoms with E-state index in [2.05, 4.69) is 13.8 Å². The van der Waals surface area contributed by atoms with Crippen LogP contribution in [-0.2, 0) is 17.6 Å². The second kappa shape index (κ2) is 12.6. The van der Waals surface area contributed by atoms with Crippen LogP contribution in [-0.4, -0.2) is 79.1 Å². The van der Waals surface area contributed by atoms with Gasteiger partial charge in [0.2, 0.25) is 6.29 Å². The van der Waals surface area contributed by atoms with Gasteiger partial charge in [-0.1, -0.05) is 26.0 Å². The van der Waals surface area contributed by atoms with Crippen molar-refractivity contribution in [3.05, 3.63) is 47.5 Å². The van der Waals surface area contributed by atoms with Crippen LogP contribution >= 0.6 is 0 Å². The highest BCUT2D eigenvalue weighted by molar-refractivity contribution is 5.44. The van der Waals surface area contributed by atoms with Gasteiger partial charge in [0.1, 0.15) is 24.4 Å². The fraction of sp³-hybridized carbons (Fsp3) is 0.556. The van der Waals surface area contributed by atoms with E-state index >= 15 is 0 Å². The Morgan fingerprint density at radius 2 is 1.22 bits per heavy atom. The summed E-state index contributed by atoms with van der Waals surface area (Å²) >= 11 is 0. The summed E-state index contributed by atoms with van der Waals surface area (Å²) in [7, 11) is 4.75. The van der Waals surface area contributed by atoms with Crippen LogP contribution in [0.2, 0.25) is 0 Å². The van der Waals surface area contributed by atoms with Crippen molar-refractivity contribution in [2.24, 2.45) is 11.8 Å². The van der Waals surface area contributed by atoms with Crippen molar-refractivity contribution in [1.82, 2.24) is 0 Å². The topological polar surface area (TPSA) is 127 Å². The summed E-state index contributed by atoms with van der Waals surface area (Å²) in [6, 6.07) is 11.5. The van der Waals surface area contributed by atoms with E-state index in [1.807, 2.05) is 30.3 Å². The first-order valence-electron chi connectivity index (χ1n) is 12.1. The van der Waals surface area contributed by atoms with Crippen LogP contribution < -0.4 is 18.9 Å². The maximum absolute atomic E-state index is 10.3. The first-order chi connectivity index (χ1) is 17.2. The summed E-state index contributed by atoms with van der Waals surface area (Å²) < 4.78 is 27.5. The van der Waals surface area contributed by atoms with Crippen molar-refractivity contribution < 1.29 is 44.1 Å². The third kappa shape index (κ3) is 6.41. The van der Waals surface area contributed by atoms with Gasteiger partial charge in [-0.3, -0.25) is 0 Å². The fourth-order valence-corrected chi connectivity index (χ4v) is 4.38. The molecule has 1 aliphatic heterocycles. The molecule has 7 atom stereocenters. The smallest absolute Gasteiger partial charge is 0.229 e. The van der Waals surface area contributed by atoms with E-state index in [0.717, 1.165) is 24.0 Å².